The van der Waals surface area contributed by atoms with E-state index in [0.29, 0.717) is 11.2 Å². The van der Waals surface area contributed by atoms with Crippen LogP contribution in [0.2, 0.25) is 0 Å². The zero-order valence-corrected chi connectivity index (χ0v) is 18.9. The Kier molecular flexibility index (Phi) is 7.44. The summed E-state index contributed by atoms with van der Waals surface area (Å²) in [6.45, 7) is 8.77. The smallest absolute Gasteiger partial charge is 0.180 e. The van der Waals surface area contributed by atoms with Crippen LogP contribution in [0.5, 0.6) is 0 Å². The second kappa shape index (κ2) is 9.83. The number of rotatable bonds is 6. The minimum absolute atomic E-state index is 0. The lowest BCUT2D eigenvalue weighted by Gasteiger charge is -2.22. The van der Waals surface area contributed by atoms with Crippen molar-refractivity contribution in [2.75, 3.05) is 18.4 Å². The minimum atomic E-state index is 0. The predicted molar refractivity (Wildman–Crippen MR) is 125 cm³/mol. The first kappa shape index (κ1) is 21.9. The van der Waals surface area contributed by atoms with E-state index in [1.54, 1.807) is 0 Å². The summed E-state index contributed by atoms with van der Waals surface area (Å²) < 4.78 is 2.22. The van der Waals surface area contributed by atoms with Crippen LogP contribution in [0.4, 0.5) is 5.82 Å². The largest absolute Gasteiger partial charge is 0.360 e. The lowest BCUT2D eigenvalue weighted by Crippen LogP contribution is -2.31. The lowest BCUT2D eigenvalue weighted by molar-refractivity contribution is 0.531. The number of anilines is 1. The van der Waals surface area contributed by atoms with Crippen molar-refractivity contribution < 1.29 is 0 Å². The summed E-state index contributed by atoms with van der Waals surface area (Å²) in [6, 6.07) is 10.6. The van der Waals surface area contributed by atoms with Crippen LogP contribution < -0.4 is 10.6 Å². The number of hydrogen-bond acceptors (Lipinski definition) is 5. The standard InChI is InChI=1S/C22H29N5S.ClH/c1-15(2)19-13-24-22-21(25-16(3)17-8-5-4-6-9-17)26-20(14-27(19)22)28-18-10-7-11-23-12-18;/h4-6,8-9,13-16,18,23H,7,10-12H2,1-3H3,(H,25,26);1H/t16-,18?;/m0./s1. The van der Waals surface area contributed by atoms with Gasteiger partial charge >= 0.3 is 0 Å². The Morgan fingerprint density at radius 1 is 1.21 bits per heavy atom. The molecular formula is C22H30ClN5S. The van der Waals surface area contributed by atoms with Crippen molar-refractivity contribution in [3.63, 3.8) is 0 Å². The zero-order chi connectivity index (χ0) is 19.5. The zero-order valence-electron chi connectivity index (χ0n) is 17.3. The molecule has 2 aromatic heterocycles. The second-order valence-corrected chi connectivity index (χ2v) is 9.14. The number of aromatic nitrogens is 3. The van der Waals surface area contributed by atoms with Crippen LogP contribution >= 0.6 is 24.2 Å². The first-order valence-corrected chi connectivity index (χ1v) is 11.1. The lowest BCUT2D eigenvalue weighted by atomic mass is 10.1. The maximum absolute atomic E-state index is 4.97. The van der Waals surface area contributed by atoms with E-state index < -0.39 is 0 Å². The molecule has 0 saturated carbocycles. The molecule has 5 nitrogen and oxygen atoms in total. The third-order valence-electron chi connectivity index (χ3n) is 5.28. The van der Waals surface area contributed by atoms with E-state index >= 15 is 0 Å². The van der Waals surface area contributed by atoms with Crippen molar-refractivity contribution in [3.8, 4) is 0 Å². The number of nitrogens with zero attached hydrogens (tertiary/aromatic N) is 3. The maximum Gasteiger partial charge on any atom is 0.180 e. The van der Waals surface area contributed by atoms with Gasteiger partial charge in [-0.15, -0.1) is 24.2 Å². The van der Waals surface area contributed by atoms with Gasteiger partial charge < -0.3 is 10.6 Å². The summed E-state index contributed by atoms with van der Waals surface area (Å²) >= 11 is 1.88. The molecule has 0 spiro atoms. The molecule has 0 aliphatic carbocycles. The number of thioether (sulfide) groups is 1. The van der Waals surface area contributed by atoms with E-state index in [9.17, 15) is 0 Å². The SMILES string of the molecule is CC(C)c1cnc2c(N[C@@H](C)c3ccccc3)nc(SC3CCCNC3)cn12.Cl. The highest BCUT2D eigenvalue weighted by molar-refractivity contribution is 7.99. The van der Waals surface area contributed by atoms with Crippen LogP contribution in [0.3, 0.4) is 0 Å². The fraction of sp³-hybridized carbons (Fsp3) is 0.455. The highest BCUT2D eigenvalue weighted by atomic mass is 35.5. The van der Waals surface area contributed by atoms with Crippen molar-refractivity contribution >= 4 is 35.6 Å². The van der Waals surface area contributed by atoms with E-state index in [0.717, 1.165) is 29.6 Å². The Morgan fingerprint density at radius 3 is 2.69 bits per heavy atom. The van der Waals surface area contributed by atoms with Crippen molar-refractivity contribution in [2.45, 2.75) is 55.8 Å². The fourth-order valence-electron chi connectivity index (χ4n) is 3.69. The first-order chi connectivity index (χ1) is 13.6. The third kappa shape index (κ3) is 5.05. The molecule has 0 radical (unpaired) electrons. The van der Waals surface area contributed by atoms with Gasteiger partial charge in [0.1, 0.15) is 5.03 Å². The molecule has 29 heavy (non-hydrogen) atoms. The molecular weight excluding hydrogens is 402 g/mol. The molecule has 2 atom stereocenters. The van der Waals surface area contributed by atoms with Crippen molar-refractivity contribution in [1.82, 2.24) is 19.7 Å². The fourth-order valence-corrected chi connectivity index (χ4v) is 4.82. The number of benzene rings is 1. The predicted octanol–water partition coefficient (Wildman–Crippen LogP) is 5.29. The summed E-state index contributed by atoms with van der Waals surface area (Å²) in [6.07, 6.45) is 6.62. The summed E-state index contributed by atoms with van der Waals surface area (Å²) in [5.41, 5.74) is 3.36. The molecule has 3 heterocycles. The number of imidazole rings is 1. The Bertz CT molecular complexity index is 922. The van der Waals surface area contributed by atoms with Gasteiger partial charge in [-0.25, -0.2) is 9.97 Å². The summed E-state index contributed by atoms with van der Waals surface area (Å²) in [4.78, 5) is 9.66. The summed E-state index contributed by atoms with van der Waals surface area (Å²) in [5.74, 6) is 1.27. The number of piperidine rings is 1. The molecule has 1 aliphatic heterocycles. The molecule has 4 rings (SSSR count). The number of hydrogen-bond donors (Lipinski definition) is 2. The van der Waals surface area contributed by atoms with Crippen LogP contribution in [-0.4, -0.2) is 32.7 Å². The third-order valence-corrected chi connectivity index (χ3v) is 6.46. The quantitative estimate of drug-likeness (QED) is 0.555. The molecule has 0 bridgehead atoms. The van der Waals surface area contributed by atoms with Crippen molar-refractivity contribution in [3.05, 3.63) is 54.0 Å². The average molecular weight is 432 g/mol. The Morgan fingerprint density at radius 2 is 2.00 bits per heavy atom. The summed E-state index contributed by atoms with van der Waals surface area (Å²) in [7, 11) is 0. The Labute approximate surface area is 183 Å². The second-order valence-electron chi connectivity index (χ2n) is 7.82. The molecule has 1 unspecified atom stereocenters. The van der Waals surface area contributed by atoms with E-state index in [1.165, 1.54) is 24.1 Å². The van der Waals surface area contributed by atoms with Crippen LogP contribution in [-0.2, 0) is 0 Å². The molecule has 1 saturated heterocycles. The molecule has 0 amide bonds. The monoisotopic (exact) mass is 431 g/mol. The topological polar surface area (TPSA) is 54.2 Å². The maximum atomic E-state index is 4.97. The molecule has 1 fully saturated rings. The van der Waals surface area contributed by atoms with Crippen LogP contribution in [0.25, 0.3) is 5.65 Å². The van der Waals surface area contributed by atoms with E-state index in [1.807, 2.05) is 24.0 Å². The van der Waals surface area contributed by atoms with Crippen molar-refractivity contribution in [1.29, 1.82) is 0 Å². The van der Waals surface area contributed by atoms with Gasteiger partial charge in [0.15, 0.2) is 11.5 Å². The normalized spacial score (nSPS) is 17.9. The van der Waals surface area contributed by atoms with Gasteiger partial charge in [0.05, 0.1) is 6.04 Å². The Balaban J connectivity index is 0.00000240. The minimum Gasteiger partial charge on any atom is -0.360 e. The Hall–Kier alpha value is -1.76. The van der Waals surface area contributed by atoms with E-state index in [4.69, 9.17) is 9.97 Å². The van der Waals surface area contributed by atoms with Gasteiger partial charge in [-0.2, -0.15) is 0 Å². The van der Waals surface area contributed by atoms with Crippen molar-refractivity contribution in [2.24, 2.45) is 0 Å². The van der Waals surface area contributed by atoms with Gasteiger partial charge in [-0.1, -0.05) is 44.2 Å². The highest BCUT2D eigenvalue weighted by Crippen LogP contribution is 2.31. The average Bonchev–Trinajstić information content (AvgIpc) is 3.14. The molecule has 7 heteroatoms. The molecule has 1 aliphatic rings. The van der Waals surface area contributed by atoms with E-state index in [2.05, 4.69) is 66.3 Å². The summed E-state index contributed by atoms with van der Waals surface area (Å²) in [5, 5.41) is 8.74. The van der Waals surface area contributed by atoms with Crippen LogP contribution in [0.15, 0.2) is 47.8 Å². The number of fused-ring (bicyclic) bond motifs is 1. The van der Waals surface area contributed by atoms with Gasteiger partial charge in [-0.05, 0) is 37.8 Å². The number of nitrogens with one attached hydrogen (secondary N) is 2. The van der Waals surface area contributed by atoms with Gasteiger partial charge in [0.2, 0.25) is 0 Å². The first-order valence-electron chi connectivity index (χ1n) is 10.2. The van der Waals surface area contributed by atoms with Gasteiger partial charge in [0, 0.05) is 29.9 Å². The molecule has 156 valence electrons. The van der Waals surface area contributed by atoms with E-state index in [-0.39, 0.29) is 18.4 Å². The van der Waals surface area contributed by atoms with Crippen LogP contribution in [0, 0.1) is 0 Å². The van der Waals surface area contributed by atoms with Gasteiger partial charge in [0.25, 0.3) is 0 Å². The number of halogens is 1. The molecule has 3 aromatic rings. The van der Waals surface area contributed by atoms with Gasteiger partial charge in [-0.3, -0.25) is 4.40 Å². The highest BCUT2D eigenvalue weighted by Gasteiger charge is 2.19. The molecule has 2 N–H and O–H groups in total. The molecule has 1 aromatic carbocycles. The van der Waals surface area contributed by atoms with Crippen LogP contribution in [0.1, 0.15) is 56.8 Å².